The zero-order chi connectivity index (χ0) is 18.0. The average Bonchev–Trinajstić information content (AvgIpc) is 3.05. The van der Waals surface area contributed by atoms with Crippen LogP contribution >= 0.6 is 22.9 Å². The lowest BCUT2D eigenvalue weighted by molar-refractivity contribution is 0.103. The van der Waals surface area contributed by atoms with Crippen molar-refractivity contribution in [3.63, 3.8) is 0 Å². The maximum absolute atomic E-state index is 12.4. The van der Waals surface area contributed by atoms with E-state index in [1.165, 1.54) is 23.5 Å². The molecule has 25 heavy (non-hydrogen) atoms. The Balaban J connectivity index is 1.75. The van der Waals surface area contributed by atoms with Crippen LogP contribution in [0.25, 0.3) is 10.4 Å². The molecule has 1 N–H and O–H groups in total. The lowest BCUT2D eigenvalue weighted by Gasteiger charge is -2.04. The van der Waals surface area contributed by atoms with Gasteiger partial charge in [-0.1, -0.05) is 23.7 Å². The Morgan fingerprint density at radius 3 is 2.20 bits per heavy atom. The van der Waals surface area contributed by atoms with Crippen molar-refractivity contribution in [1.29, 1.82) is 0 Å². The van der Waals surface area contributed by atoms with Gasteiger partial charge in [0, 0.05) is 21.8 Å². The van der Waals surface area contributed by atoms with Crippen molar-refractivity contribution in [3.8, 4) is 10.4 Å². The van der Waals surface area contributed by atoms with Gasteiger partial charge in [-0.25, -0.2) is 8.42 Å². The Morgan fingerprint density at radius 1 is 0.960 bits per heavy atom. The summed E-state index contributed by atoms with van der Waals surface area (Å²) in [4.78, 5) is 14.1. The quantitative estimate of drug-likeness (QED) is 0.699. The highest BCUT2D eigenvalue weighted by Gasteiger charge is 2.12. The summed E-state index contributed by atoms with van der Waals surface area (Å²) in [5.74, 6) is -0.239. The first-order chi connectivity index (χ1) is 11.8. The summed E-state index contributed by atoms with van der Waals surface area (Å²) >= 11 is 7.26. The molecule has 0 saturated carbocycles. The smallest absolute Gasteiger partial charge is 0.265 e. The average molecular weight is 392 g/mol. The minimum atomic E-state index is -3.25. The molecule has 2 aromatic carbocycles. The number of sulfone groups is 1. The van der Waals surface area contributed by atoms with Crippen LogP contribution in [-0.2, 0) is 9.84 Å². The van der Waals surface area contributed by atoms with E-state index in [0.29, 0.717) is 15.6 Å². The molecule has 128 valence electrons. The highest BCUT2D eigenvalue weighted by molar-refractivity contribution is 7.90. The number of amides is 1. The molecule has 0 radical (unpaired) electrons. The summed E-state index contributed by atoms with van der Waals surface area (Å²) in [6, 6.07) is 17.1. The van der Waals surface area contributed by atoms with Crippen LogP contribution in [0.3, 0.4) is 0 Å². The van der Waals surface area contributed by atoms with Crippen molar-refractivity contribution < 1.29 is 13.2 Å². The van der Waals surface area contributed by atoms with Crippen LogP contribution in [0.15, 0.2) is 65.6 Å². The highest BCUT2D eigenvalue weighted by atomic mass is 35.5. The Kier molecular flexibility index (Phi) is 4.94. The van der Waals surface area contributed by atoms with Crippen molar-refractivity contribution in [1.82, 2.24) is 0 Å². The summed E-state index contributed by atoms with van der Waals surface area (Å²) in [7, 11) is -3.25. The fourth-order valence-corrected chi connectivity index (χ4v) is 3.87. The first-order valence-electron chi connectivity index (χ1n) is 7.30. The number of halogens is 1. The fourth-order valence-electron chi connectivity index (χ4n) is 2.21. The minimum Gasteiger partial charge on any atom is -0.321 e. The molecule has 0 fully saturated rings. The first-order valence-corrected chi connectivity index (χ1v) is 10.4. The van der Waals surface area contributed by atoms with Crippen LogP contribution in [0.2, 0.25) is 5.02 Å². The summed E-state index contributed by atoms with van der Waals surface area (Å²) in [5, 5.41) is 3.43. The molecule has 0 unspecified atom stereocenters. The maximum atomic E-state index is 12.4. The number of rotatable bonds is 4. The number of thiophene rings is 1. The van der Waals surface area contributed by atoms with Gasteiger partial charge in [0.2, 0.25) is 0 Å². The predicted molar refractivity (Wildman–Crippen MR) is 102 cm³/mol. The highest BCUT2D eigenvalue weighted by Crippen LogP contribution is 2.29. The van der Waals surface area contributed by atoms with Crippen molar-refractivity contribution in [3.05, 3.63) is 70.6 Å². The summed E-state index contributed by atoms with van der Waals surface area (Å²) < 4.78 is 22.9. The maximum Gasteiger partial charge on any atom is 0.265 e. The van der Waals surface area contributed by atoms with Crippen LogP contribution in [0.1, 0.15) is 9.67 Å². The van der Waals surface area contributed by atoms with E-state index in [-0.39, 0.29) is 10.8 Å². The first kappa shape index (κ1) is 17.7. The van der Waals surface area contributed by atoms with Crippen molar-refractivity contribution in [2.45, 2.75) is 4.90 Å². The summed E-state index contributed by atoms with van der Waals surface area (Å²) in [6.07, 6.45) is 1.14. The number of hydrogen-bond donors (Lipinski definition) is 1. The number of carbonyl (C=O) groups is 1. The van der Waals surface area contributed by atoms with E-state index in [2.05, 4.69) is 5.32 Å². The number of hydrogen-bond acceptors (Lipinski definition) is 4. The molecule has 0 bridgehead atoms. The second-order valence-electron chi connectivity index (χ2n) is 5.42. The van der Waals surface area contributed by atoms with Gasteiger partial charge in [-0.05, 0) is 54.1 Å². The van der Waals surface area contributed by atoms with Gasteiger partial charge in [-0.15, -0.1) is 11.3 Å². The summed E-state index contributed by atoms with van der Waals surface area (Å²) in [6.45, 7) is 0. The molecule has 4 nitrogen and oxygen atoms in total. The molecule has 7 heteroatoms. The van der Waals surface area contributed by atoms with Gasteiger partial charge in [0.15, 0.2) is 9.84 Å². The van der Waals surface area contributed by atoms with E-state index >= 15 is 0 Å². The van der Waals surface area contributed by atoms with Crippen LogP contribution < -0.4 is 5.32 Å². The number of benzene rings is 2. The Morgan fingerprint density at radius 2 is 1.60 bits per heavy atom. The zero-order valence-electron chi connectivity index (χ0n) is 13.2. The predicted octanol–water partition coefficient (Wildman–Crippen LogP) is 4.72. The van der Waals surface area contributed by atoms with Gasteiger partial charge in [0.05, 0.1) is 9.77 Å². The van der Waals surface area contributed by atoms with Gasteiger partial charge in [-0.3, -0.25) is 4.79 Å². The van der Waals surface area contributed by atoms with Gasteiger partial charge in [0.1, 0.15) is 0 Å². The third-order valence-electron chi connectivity index (χ3n) is 3.50. The van der Waals surface area contributed by atoms with Crippen molar-refractivity contribution in [2.24, 2.45) is 0 Å². The van der Waals surface area contributed by atoms with Gasteiger partial charge >= 0.3 is 0 Å². The van der Waals surface area contributed by atoms with Crippen LogP contribution in [0, 0.1) is 0 Å². The molecule has 0 atom stereocenters. The molecule has 0 aliphatic heterocycles. The van der Waals surface area contributed by atoms with Crippen molar-refractivity contribution in [2.75, 3.05) is 11.6 Å². The molecule has 1 amide bonds. The second kappa shape index (κ2) is 7.00. The third-order valence-corrected chi connectivity index (χ3v) is 6.01. The lowest BCUT2D eigenvalue weighted by Crippen LogP contribution is -2.10. The molecule has 0 saturated heterocycles. The third kappa shape index (κ3) is 4.28. The molecular weight excluding hydrogens is 378 g/mol. The monoisotopic (exact) mass is 391 g/mol. The lowest BCUT2D eigenvalue weighted by atomic mass is 10.2. The van der Waals surface area contributed by atoms with E-state index < -0.39 is 9.84 Å². The largest absolute Gasteiger partial charge is 0.321 e. The standard InChI is InChI=1S/C18H14ClNO3S2/c1-25(22,23)15-8-6-14(7-9-15)20-18(21)17-11-10-16(24-17)12-2-4-13(19)5-3-12/h2-11H,1H3,(H,20,21). The molecule has 0 aliphatic rings. The topological polar surface area (TPSA) is 63.2 Å². The second-order valence-corrected chi connectivity index (χ2v) is 8.96. The zero-order valence-corrected chi connectivity index (χ0v) is 15.6. The van der Waals surface area contributed by atoms with E-state index in [1.807, 2.05) is 18.2 Å². The molecule has 0 spiro atoms. The normalized spacial score (nSPS) is 11.3. The summed E-state index contributed by atoms with van der Waals surface area (Å²) in [5.41, 5.74) is 1.53. The molecule has 1 aromatic heterocycles. The van der Waals surface area contributed by atoms with E-state index in [0.717, 1.165) is 16.7 Å². The fraction of sp³-hybridized carbons (Fsp3) is 0.0556. The Hall–Kier alpha value is -2.15. The number of carbonyl (C=O) groups excluding carboxylic acids is 1. The molecule has 3 aromatic rings. The Bertz CT molecular complexity index is 1010. The van der Waals surface area contributed by atoms with Crippen LogP contribution in [0.4, 0.5) is 5.69 Å². The number of nitrogens with one attached hydrogen (secondary N) is 1. The van der Waals surface area contributed by atoms with Gasteiger partial charge in [0.25, 0.3) is 5.91 Å². The van der Waals surface area contributed by atoms with E-state index in [4.69, 9.17) is 11.6 Å². The van der Waals surface area contributed by atoms with Crippen LogP contribution in [0.5, 0.6) is 0 Å². The minimum absolute atomic E-state index is 0.214. The van der Waals surface area contributed by atoms with Gasteiger partial charge < -0.3 is 5.32 Å². The Labute approximate surface area is 155 Å². The van der Waals surface area contributed by atoms with E-state index in [9.17, 15) is 13.2 Å². The molecule has 0 aliphatic carbocycles. The van der Waals surface area contributed by atoms with Crippen LogP contribution in [-0.4, -0.2) is 20.6 Å². The van der Waals surface area contributed by atoms with Crippen molar-refractivity contribution >= 4 is 44.4 Å². The SMILES string of the molecule is CS(=O)(=O)c1ccc(NC(=O)c2ccc(-c3ccc(Cl)cc3)s2)cc1. The van der Waals surface area contributed by atoms with Gasteiger partial charge in [-0.2, -0.15) is 0 Å². The number of anilines is 1. The molecular formula is C18H14ClNO3S2. The molecule has 3 rings (SSSR count). The molecule has 1 heterocycles. The van der Waals surface area contributed by atoms with E-state index in [1.54, 1.807) is 30.3 Å².